The summed E-state index contributed by atoms with van der Waals surface area (Å²) in [6.07, 6.45) is 3.40. The number of nitrogens with zero attached hydrogens (tertiary/aromatic N) is 3. The molecular weight excluding hydrogens is 337 g/mol. The second kappa shape index (κ2) is 6.81. The summed E-state index contributed by atoms with van der Waals surface area (Å²) in [4.78, 5) is 14.0. The van der Waals surface area contributed by atoms with Crippen LogP contribution in [0.15, 0.2) is 35.3 Å². The molecular formula is C16H17Cl2N3O2. The van der Waals surface area contributed by atoms with E-state index in [-0.39, 0.29) is 16.7 Å². The van der Waals surface area contributed by atoms with Crippen LogP contribution in [0.1, 0.15) is 12.8 Å². The molecule has 1 fully saturated rings. The summed E-state index contributed by atoms with van der Waals surface area (Å²) in [6.45, 7) is 1.51. The van der Waals surface area contributed by atoms with Gasteiger partial charge < -0.3 is 9.64 Å². The molecule has 122 valence electrons. The maximum absolute atomic E-state index is 11.9. The summed E-state index contributed by atoms with van der Waals surface area (Å²) in [6, 6.07) is 7.47. The lowest BCUT2D eigenvalue weighted by Gasteiger charge is -2.33. The fourth-order valence-corrected chi connectivity index (χ4v) is 3.13. The molecule has 2 heterocycles. The van der Waals surface area contributed by atoms with Gasteiger partial charge in [-0.15, -0.1) is 0 Å². The van der Waals surface area contributed by atoms with Gasteiger partial charge in [-0.3, -0.25) is 4.79 Å². The maximum atomic E-state index is 11.9. The molecule has 5 nitrogen and oxygen atoms in total. The molecule has 0 saturated carbocycles. The minimum Gasteiger partial charge on any atom is -0.489 e. The van der Waals surface area contributed by atoms with Crippen LogP contribution in [0.25, 0.3) is 0 Å². The Bertz CT molecular complexity index is 755. The number of hydrogen-bond acceptors (Lipinski definition) is 4. The van der Waals surface area contributed by atoms with Crippen molar-refractivity contribution in [2.45, 2.75) is 18.9 Å². The number of piperidine rings is 1. The van der Waals surface area contributed by atoms with E-state index < -0.39 is 0 Å². The highest BCUT2D eigenvalue weighted by molar-refractivity contribution is 6.33. The molecule has 1 aliphatic rings. The molecule has 2 aromatic rings. The molecule has 3 rings (SSSR count). The lowest BCUT2D eigenvalue weighted by molar-refractivity contribution is 0.171. The van der Waals surface area contributed by atoms with Crippen LogP contribution in [-0.2, 0) is 7.05 Å². The van der Waals surface area contributed by atoms with Crippen molar-refractivity contribution < 1.29 is 4.74 Å². The average Bonchev–Trinajstić information content (AvgIpc) is 2.56. The van der Waals surface area contributed by atoms with Crippen molar-refractivity contribution >= 4 is 28.9 Å². The highest BCUT2D eigenvalue weighted by Crippen LogP contribution is 2.29. The average molecular weight is 354 g/mol. The second-order valence-corrected chi connectivity index (χ2v) is 6.29. The molecule has 0 amide bonds. The van der Waals surface area contributed by atoms with E-state index in [0.29, 0.717) is 16.5 Å². The van der Waals surface area contributed by atoms with E-state index in [0.717, 1.165) is 25.9 Å². The lowest BCUT2D eigenvalue weighted by Crippen LogP contribution is -2.39. The van der Waals surface area contributed by atoms with Gasteiger partial charge in [0.2, 0.25) is 0 Å². The van der Waals surface area contributed by atoms with E-state index >= 15 is 0 Å². The molecule has 0 unspecified atom stereocenters. The van der Waals surface area contributed by atoms with E-state index in [1.54, 1.807) is 13.2 Å². The van der Waals surface area contributed by atoms with Crippen molar-refractivity contribution in [3.63, 3.8) is 0 Å². The Labute approximate surface area is 144 Å². The first-order chi connectivity index (χ1) is 11.1. The molecule has 0 N–H and O–H groups in total. The number of benzene rings is 1. The molecule has 23 heavy (non-hydrogen) atoms. The zero-order valence-electron chi connectivity index (χ0n) is 12.7. The number of halogens is 2. The SMILES string of the molecule is Cn1ncc(N2CCC(Oc3ccccc3Cl)CC2)c(Cl)c1=O. The zero-order valence-corrected chi connectivity index (χ0v) is 14.2. The Morgan fingerprint density at radius 1 is 1.22 bits per heavy atom. The van der Waals surface area contributed by atoms with Gasteiger partial charge >= 0.3 is 0 Å². The first kappa shape index (κ1) is 16.1. The van der Waals surface area contributed by atoms with Gasteiger partial charge in [-0.05, 0) is 12.1 Å². The Morgan fingerprint density at radius 2 is 1.91 bits per heavy atom. The summed E-state index contributed by atoms with van der Waals surface area (Å²) < 4.78 is 7.21. The van der Waals surface area contributed by atoms with Gasteiger partial charge in [0.1, 0.15) is 16.9 Å². The first-order valence-electron chi connectivity index (χ1n) is 7.44. The smallest absolute Gasteiger partial charge is 0.287 e. The van der Waals surface area contributed by atoms with Crippen molar-refractivity contribution in [1.82, 2.24) is 9.78 Å². The molecule has 1 aliphatic heterocycles. The van der Waals surface area contributed by atoms with Gasteiger partial charge in [0.05, 0.1) is 16.9 Å². The van der Waals surface area contributed by atoms with Crippen molar-refractivity contribution in [3.8, 4) is 5.75 Å². The van der Waals surface area contributed by atoms with E-state index in [2.05, 4.69) is 10.00 Å². The number of rotatable bonds is 3. The Hall–Kier alpha value is -1.72. The number of para-hydroxylation sites is 1. The predicted octanol–water partition coefficient (Wildman–Crippen LogP) is 3.13. The van der Waals surface area contributed by atoms with Crippen LogP contribution < -0.4 is 15.2 Å². The second-order valence-electron chi connectivity index (χ2n) is 5.51. The van der Waals surface area contributed by atoms with E-state index in [4.69, 9.17) is 27.9 Å². The normalized spacial score (nSPS) is 15.7. The first-order valence-corrected chi connectivity index (χ1v) is 8.20. The van der Waals surface area contributed by atoms with Crippen LogP contribution >= 0.6 is 23.2 Å². The highest BCUT2D eigenvalue weighted by atomic mass is 35.5. The Balaban J connectivity index is 1.66. The molecule has 0 bridgehead atoms. The summed E-state index contributed by atoms with van der Waals surface area (Å²) in [5.41, 5.74) is 0.407. The van der Waals surface area contributed by atoms with Crippen LogP contribution in [0.3, 0.4) is 0 Å². The zero-order chi connectivity index (χ0) is 16.4. The maximum Gasteiger partial charge on any atom is 0.287 e. The third-order valence-corrected chi connectivity index (χ3v) is 4.64. The van der Waals surface area contributed by atoms with Gasteiger partial charge in [0.25, 0.3) is 5.56 Å². The third kappa shape index (κ3) is 3.46. The van der Waals surface area contributed by atoms with Crippen LogP contribution in [0.5, 0.6) is 5.75 Å². The third-order valence-electron chi connectivity index (χ3n) is 3.97. The quantitative estimate of drug-likeness (QED) is 0.850. The standard InChI is InChI=1S/C16H17Cl2N3O2/c1-20-16(22)15(18)13(10-19-20)21-8-6-11(7-9-21)23-14-5-3-2-4-12(14)17/h2-5,10-11H,6-9H2,1H3. The van der Waals surface area contributed by atoms with Gasteiger partial charge in [-0.1, -0.05) is 35.3 Å². The number of ether oxygens (including phenoxy) is 1. The number of hydrogen-bond donors (Lipinski definition) is 0. The van der Waals surface area contributed by atoms with Crippen LogP contribution in [-0.4, -0.2) is 29.0 Å². The molecule has 1 saturated heterocycles. The fourth-order valence-electron chi connectivity index (χ4n) is 2.66. The summed E-state index contributed by atoms with van der Waals surface area (Å²) >= 11 is 12.3. The van der Waals surface area contributed by atoms with Crippen LogP contribution in [0, 0.1) is 0 Å². The fraction of sp³-hybridized carbons (Fsp3) is 0.375. The molecule has 7 heteroatoms. The number of anilines is 1. The molecule has 0 atom stereocenters. The molecule has 1 aromatic heterocycles. The topological polar surface area (TPSA) is 47.4 Å². The van der Waals surface area contributed by atoms with Crippen molar-refractivity contribution in [1.29, 1.82) is 0 Å². The summed E-state index contributed by atoms with van der Waals surface area (Å²) in [5, 5.41) is 4.88. The van der Waals surface area contributed by atoms with E-state index in [9.17, 15) is 4.79 Å². The van der Waals surface area contributed by atoms with E-state index in [1.165, 1.54) is 4.68 Å². The largest absolute Gasteiger partial charge is 0.489 e. The van der Waals surface area contributed by atoms with Gasteiger partial charge in [0.15, 0.2) is 0 Å². The van der Waals surface area contributed by atoms with Gasteiger partial charge in [0, 0.05) is 33.0 Å². The lowest BCUT2D eigenvalue weighted by atomic mass is 10.1. The van der Waals surface area contributed by atoms with Crippen molar-refractivity contribution in [3.05, 3.63) is 50.9 Å². The van der Waals surface area contributed by atoms with Gasteiger partial charge in [-0.25, -0.2) is 4.68 Å². The van der Waals surface area contributed by atoms with Crippen molar-refractivity contribution in [2.75, 3.05) is 18.0 Å². The van der Waals surface area contributed by atoms with E-state index in [1.807, 2.05) is 24.3 Å². The summed E-state index contributed by atoms with van der Waals surface area (Å²) in [7, 11) is 1.58. The minimum atomic E-state index is -0.279. The molecule has 1 aromatic carbocycles. The monoisotopic (exact) mass is 353 g/mol. The summed E-state index contributed by atoms with van der Waals surface area (Å²) in [5.74, 6) is 0.709. The Morgan fingerprint density at radius 3 is 2.61 bits per heavy atom. The predicted molar refractivity (Wildman–Crippen MR) is 91.8 cm³/mol. The number of aromatic nitrogens is 2. The van der Waals surface area contributed by atoms with Crippen molar-refractivity contribution in [2.24, 2.45) is 7.05 Å². The minimum absolute atomic E-state index is 0.101. The van der Waals surface area contributed by atoms with Gasteiger partial charge in [-0.2, -0.15) is 5.10 Å². The van der Waals surface area contributed by atoms with Crippen LogP contribution in [0.2, 0.25) is 10.0 Å². The highest BCUT2D eigenvalue weighted by Gasteiger charge is 2.24. The molecule has 0 spiro atoms. The number of aryl methyl sites for hydroxylation is 1. The molecule has 0 radical (unpaired) electrons. The Kier molecular flexibility index (Phi) is 4.78. The molecule has 0 aliphatic carbocycles. The van der Waals surface area contributed by atoms with Crippen LogP contribution in [0.4, 0.5) is 5.69 Å².